The number of nitrogens with zero attached hydrogens (tertiary/aromatic N) is 3. The Labute approximate surface area is 122 Å². The minimum Gasteiger partial charge on any atom is -0.253 e. The van der Waals surface area contributed by atoms with Crippen molar-refractivity contribution >= 4 is 0 Å². The summed E-state index contributed by atoms with van der Waals surface area (Å²) in [6.07, 6.45) is 6.72. The van der Waals surface area contributed by atoms with E-state index in [0.29, 0.717) is 5.92 Å². The number of rotatable bonds is 7. The Hall–Kier alpha value is -1.64. The lowest BCUT2D eigenvalue weighted by molar-refractivity contribution is 0.626. The van der Waals surface area contributed by atoms with Gasteiger partial charge in [0.1, 0.15) is 0 Å². The molecule has 1 heterocycles. The van der Waals surface area contributed by atoms with Crippen LogP contribution in [-0.2, 0) is 19.4 Å². The number of aromatic nitrogens is 3. The molecule has 0 saturated heterocycles. The second-order valence-corrected chi connectivity index (χ2v) is 5.52. The van der Waals surface area contributed by atoms with E-state index in [-0.39, 0.29) is 0 Å². The molecule has 1 aromatic heterocycles. The topological polar surface area (TPSA) is 30.7 Å². The molecule has 0 aliphatic carbocycles. The van der Waals surface area contributed by atoms with E-state index < -0.39 is 0 Å². The van der Waals surface area contributed by atoms with E-state index in [2.05, 4.69) is 55.3 Å². The molecular weight excluding hydrogens is 246 g/mol. The lowest BCUT2D eigenvalue weighted by Crippen LogP contribution is -1.99. The second-order valence-electron chi connectivity index (χ2n) is 5.52. The van der Waals surface area contributed by atoms with Crippen molar-refractivity contribution in [2.45, 2.75) is 58.9 Å². The van der Waals surface area contributed by atoms with Crippen molar-refractivity contribution < 1.29 is 0 Å². The number of unbranched alkanes of at least 4 members (excludes halogenated alkanes) is 1. The van der Waals surface area contributed by atoms with Gasteiger partial charge in [-0.15, -0.1) is 5.10 Å². The normalized spacial score (nSPS) is 12.6. The first-order valence-electron chi connectivity index (χ1n) is 7.70. The number of aryl methyl sites for hydroxylation is 2. The molecule has 0 N–H and O–H groups in total. The summed E-state index contributed by atoms with van der Waals surface area (Å²) in [6, 6.07) is 9.06. The van der Waals surface area contributed by atoms with Crippen LogP contribution in [0.1, 0.15) is 56.4 Å². The lowest BCUT2D eigenvalue weighted by atomic mass is 9.95. The van der Waals surface area contributed by atoms with Crippen LogP contribution in [0.25, 0.3) is 0 Å². The minimum atomic E-state index is 0.484. The highest BCUT2D eigenvalue weighted by Gasteiger charge is 2.09. The maximum Gasteiger partial charge on any atom is 0.0833 e. The summed E-state index contributed by atoms with van der Waals surface area (Å²) in [5.41, 5.74) is 3.91. The Morgan fingerprint density at radius 2 is 1.90 bits per heavy atom. The molecule has 0 aliphatic rings. The molecule has 0 aliphatic heterocycles. The predicted molar refractivity (Wildman–Crippen MR) is 82.9 cm³/mol. The molecule has 0 saturated carbocycles. The van der Waals surface area contributed by atoms with Gasteiger partial charge in [-0.3, -0.25) is 4.68 Å². The molecule has 1 atom stereocenters. The van der Waals surface area contributed by atoms with Gasteiger partial charge in [0.15, 0.2) is 0 Å². The number of hydrogen-bond acceptors (Lipinski definition) is 2. The molecule has 0 amide bonds. The van der Waals surface area contributed by atoms with E-state index in [0.717, 1.165) is 18.7 Å². The highest BCUT2D eigenvalue weighted by molar-refractivity contribution is 5.26. The zero-order valence-electron chi connectivity index (χ0n) is 12.8. The molecule has 0 radical (unpaired) electrons. The summed E-state index contributed by atoms with van der Waals surface area (Å²) in [5, 5.41) is 8.32. The molecule has 3 heteroatoms. The first kappa shape index (κ1) is 14.8. The van der Waals surface area contributed by atoms with Crippen LogP contribution in [0.5, 0.6) is 0 Å². The largest absolute Gasteiger partial charge is 0.253 e. The highest BCUT2D eigenvalue weighted by Crippen LogP contribution is 2.20. The Morgan fingerprint density at radius 3 is 2.50 bits per heavy atom. The predicted octanol–water partition coefficient (Wildman–Crippen LogP) is 3.99. The van der Waals surface area contributed by atoms with Gasteiger partial charge in [-0.1, -0.05) is 49.7 Å². The van der Waals surface area contributed by atoms with Crippen molar-refractivity contribution in [2.75, 3.05) is 0 Å². The highest BCUT2D eigenvalue weighted by atomic mass is 15.4. The summed E-state index contributed by atoms with van der Waals surface area (Å²) in [6.45, 7) is 7.45. The molecule has 108 valence electrons. The van der Waals surface area contributed by atoms with Gasteiger partial charge in [-0.2, -0.15) is 0 Å². The van der Waals surface area contributed by atoms with Gasteiger partial charge >= 0.3 is 0 Å². The molecule has 0 fully saturated rings. The van der Waals surface area contributed by atoms with Gasteiger partial charge in [-0.25, -0.2) is 0 Å². The lowest BCUT2D eigenvalue weighted by Gasteiger charge is -2.11. The van der Waals surface area contributed by atoms with Crippen molar-refractivity contribution in [2.24, 2.45) is 0 Å². The standard InChI is InChI=1S/C17H25N3/c1-4-6-7-15-8-10-16(11-9-15)14(3)12-17-13-20(5-2)19-18-17/h8-11,13-14H,4-7,12H2,1-3H3. The molecule has 2 rings (SSSR count). The average molecular weight is 271 g/mol. The Kier molecular flexibility index (Phi) is 5.33. The van der Waals surface area contributed by atoms with Crippen molar-refractivity contribution in [3.05, 3.63) is 47.3 Å². The van der Waals surface area contributed by atoms with Crippen LogP contribution < -0.4 is 0 Å². The summed E-state index contributed by atoms with van der Waals surface area (Å²) >= 11 is 0. The van der Waals surface area contributed by atoms with E-state index in [1.807, 2.05) is 10.9 Å². The van der Waals surface area contributed by atoms with E-state index in [4.69, 9.17) is 0 Å². The van der Waals surface area contributed by atoms with Crippen LogP contribution in [0.15, 0.2) is 30.5 Å². The molecule has 1 aromatic carbocycles. The smallest absolute Gasteiger partial charge is 0.0833 e. The van der Waals surface area contributed by atoms with Crippen LogP contribution >= 0.6 is 0 Å². The van der Waals surface area contributed by atoms with E-state index >= 15 is 0 Å². The third-order valence-corrected chi connectivity index (χ3v) is 3.79. The molecule has 1 unspecified atom stereocenters. The van der Waals surface area contributed by atoms with Crippen molar-refractivity contribution in [1.29, 1.82) is 0 Å². The fourth-order valence-corrected chi connectivity index (χ4v) is 2.41. The van der Waals surface area contributed by atoms with Crippen LogP contribution in [0.3, 0.4) is 0 Å². The van der Waals surface area contributed by atoms with Crippen molar-refractivity contribution in [3.8, 4) is 0 Å². The molecular formula is C17H25N3. The molecule has 3 nitrogen and oxygen atoms in total. The van der Waals surface area contributed by atoms with E-state index in [9.17, 15) is 0 Å². The van der Waals surface area contributed by atoms with E-state index in [1.165, 1.54) is 30.4 Å². The Balaban J connectivity index is 1.96. The maximum absolute atomic E-state index is 4.22. The van der Waals surface area contributed by atoms with Crippen molar-refractivity contribution in [1.82, 2.24) is 15.0 Å². The Bertz CT molecular complexity index is 513. The third kappa shape index (κ3) is 3.92. The monoisotopic (exact) mass is 271 g/mol. The Morgan fingerprint density at radius 1 is 1.15 bits per heavy atom. The zero-order valence-corrected chi connectivity index (χ0v) is 12.8. The van der Waals surface area contributed by atoms with Gasteiger partial charge in [0, 0.05) is 12.7 Å². The van der Waals surface area contributed by atoms with Crippen LogP contribution in [-0.4, -0.2) is 15.0 Å². The zero-order chi connectivity index (χ0) is 14.4. The number of hydrogen-bond donors (Lipinski definition) is 0. The SMILES string of the molecule is CCCCc1ccc(C(C)Cc2cn(CC)nn2)cc1. The van der Waals surface area contributed by atoms with Gasteiger partial charge in [0.2, 0.25) is 0 Å². The molecule has 0 spiro atoms. The summed E-state index contributed by atoms with van der Waals surface area (Å²) in [5.74, 6) is 0.484. The minimum absolute atomic E-state index is 0.484. The number of benzene rings is 1. The molecule has 20 heavy (non-hydrogen) atoms. The van der Waals surface area contributed by atoms with E-state index in [1.54, 1.807) is 0 Å². The quantitative estimate of drug-likeness (QED) is 0.762. The van der Waals surface area contributed by atoms with Crippen LogP contribution in [0, 0.1) is 0 Å². The first-order valence-corrected chi connectivity index (χ1v) is 7.70. The summed E-state index contributed by atoms with van der Waals surface area (Å²) < 4.78 is 1.88. The first-order chi connectivity index (χ1) is 9.72. The average Bonchev–Trinajstić information content (AvgIpc) is 2.93. The summed E-state index contributed by atoms with van der Waals surface area (Å²) in [7, 11) is 0. The summed E-state index contributed by atoms with van der Waals surface area (Å²) in [4.78, 5) is 0. The fraction of sp³-hybridized carbons (Fsp3) is 0.529. The van der Waals surface area contributed by atoms with Gasteiger partial charge in [0.05, 0.1) is 5.69 Å². The second kappa shape index (κ2) is 7.22. The van der Waals surface area contributed by atoms with Gasteiger partial charge in [-0.05, 0) is 43.2 Å². The molecule has 0 bridgehead atoms. The van der Waals surface area contributed by atoms with Gasteiger partial charge < -0.3 is 0 Å². The van der Waals surface area contributed by atoms with Gasteiger partial charge in [0.25, 0.3) is 0 Å². The van der Waals surface area contributed by atoms with Crippen LogP contribution in [0.2, 0.25) is 0 Å². The third-order valence-electron chi connectivity index (χ3n) is 3.79. The van der Waals surface area contributed by atoms with Crippen molar-refractivity contribution in [3.63, 3.8) is 0 Å². The molecule has 2 aromatic rings. The maximum atomic E-state index is 4.22. The fourth-order valence-electron chi connectivity index (χ4n) is 2.41. The van der Waals surface area contributed by atoms with Crippen LogP contribution in [0.4, 0.5) is 0 Å².